The van der Waals surface area contributed by atoms with Crippen LogP contribution in [0.15, 0.2) is 29.2 Å². The third-order valence-electron chi connectivity index (χ3n) is 5.16. The number of ether oxygens (including phenoxy) is 1. The lowest BCUT2D eigenvalue weighted by molar-refractivity contribution is -0.140. The molecule has 1 aromatic heterocycles. The van der Waals surface area contributed by atoms with Crippen molar-refractivity contribution in [3.8, 4) is 5.75 Å². The molecule has 0 saturated heterocycles. The number of hydrogen-bond donors (Lipinski definition) is 3. The van der Waals surface area contributed by atoms with Gasteiger partial charge in [-0.05, 0) is 26.0 Å². The number of carbonyl (C=O) groups excluding carboxylic acids is 3. The monoisotopic (exact) mass is 544 g/mol. The molecule has 0 bridgehead atoms. The molecular formula is C23H24F4N4O7. The van der Waals surface area contributed by atoms with Crippen LogP contribution in [0.2, 0.25) is 0 Å². The van der Waals surface area contributed by atoms with Crippen molar-refractivity contribution in [2.24, 2.45) is 0 Å². The number of urea groups is 1. The van der Waals surface area contributed by atoms with Gasteiger partial charge in [0.1, 0.15) is 24.9 Å². The molecule has 0 aliphatic carbocycles. The Morgan fingerprint density at radius 2 is 1.68 bits per heavy atom. The predicted molar refractivity (Wildman–Crippen MR) is 124 cm³/mol. The van der Waals surface area contributed by atoms with Gasteiger partial charge in [0, 0.05) is 25.4 Å². The molecule has 0 spiro atoms. The van der Waals surface area contributed by atoms with E-state index >= 15 is 0 Å². The molecule has 0 fully saturated rings. The number of nitrogens with zero attached hydrogens (tertiary/aromatic N) is 2. The van der Waals surface area contributed by atoms with Gasteiger partial charge in [0.05, 0.1) is 6.42 Å². The second-order valence-electron chi connectivity index (χ2n) is 7.73. The van der Waals surface area contributed by atoms with Crippen molar-refractivity contribution in [1.82, 2.24) is 14.8 Å². The maximum absolute atomic E-state index is 13.7. The molecule has 11 nitrogen and oxygen atoms in total. The van der Waals surface area contributed by atoms with Crippen LogP contribution in [0, 0.1) is 23.3 Å². The molecule has 206 valence electrons. The quantitative estimate of drug-likeness (QED) is 0.273. The van der Waals surface area contributed by atoms with Gasteiger partial charge < -0.3 is 29.9 Å². The van der Waals surface area contributed by atoms with E-state index in [2.05, 4.69) is 15.4 Å². The molecule has 3 N–H and O–H groups in total. The zero-order valence-electron chi connectivity index (χ0n) is 20.2. The van der Waals surface area contributed by atoms with E-state index in [1.807, 2.05) is 0 Å². The highest BCUT2D eigenvalue weighted by molar-refractivity contribution is 5.93. The zero-order valence-corrected chi connectivity index (χ0v) is 20.2. The van der Waals surface area contributed by atoms with Crippen LogP contribution < -0.4 is 20.9 Å². The predicted octanol–water partition coefficient (Wildman–Crippen LogP) is 1.89. The highest BCUT2D eigenvalue weighted by atomic mass is 19.2. The van der Waals surface area contributed by atoms with E-state index in [4.69, 9.17) is 5.11 Å². The molecule has 2 aromatic rings. The number of benzene rings is 1. The van der Waals surface area contributed by atoms with E-state index in [0.717, 1.165) is 4.57 Å². The van der Waals surface area contributed by atoms with Crippen molar-refractivity contribution in [3.05, 3.63) is 58.0 Å². The van der Waals surface area contributed by atoms with Crippen LogP contribution in [0.25, 0.3) is 0 Å². The van der Waals surface area contributed by atoms with Gasteiger partial charge in [-0.1, -0.05) is 0 Å². The van der Waals surface area contributed by atoms with Crippen LogP contribution in [0.3, 0.4) is 0 Å². The molecule has 1 unspecified atom stereocenters. The summed E-state index contributed by atoms with van der Waals surface area (Å²) in [5.74, 6) is -12.7. The number of ketones is 1. The van der Waals surface area contributed by atoms with Crippen molar-refractivity contribution < 1.29 is 46.6 Å². The Morgan fingerprint density at radius 3 is 2.24 bits per heavy atom. The summed E-state index contributed by atoms with van der Waals surface area (Å²) in [6.07, 6.45) is 0.224. The van der Waals surface area contributed by atoms with Gasteiger partial charge in [-0.15, -0.1) is 0 Å². The number of aliphatic carboxylic acids is 1. The molecule has 2 rings (SSSR count). The number of aromatic nitrogens is 1. The second-order valence-corrected chi connectivity index (χ2v) is 7.73. The van der Waals surface area contributed by atoms with Gasteiger partial charge in [-0.25, -0.2) is 13.6 Å². The highest BCUT2D eigenvalue weighted by Crippen LogP contribution is 2.26. The van der Waals surface area contributed by atoms with Crippen molar-refractivity contribution in [2.45, 2.75) is 32.9 Å². The first-order chi connectivity index (χ1) is 17.9. The number of halogens is 4. The smallest absolute Gasteiger partial charge is 0.321 e. The number of hydrogen-bond acceptors (Lipinski definition) is 6. The van der Waals surface area contributed by atoms with Crippen molar-refractivity contribution >= 4 is 29.4 Å². The van der Waals surface area contributed by atoms with Gasteiger partial charge in [0.2, 0.25) is 17.5 Å². The molecule has 1 heterocycles. The summed E-state index contributed by atoms with van der Waals surface area (Å²) in [5.41, 5.74) is -0.915. The van der Waals surface area contributed by atoms with Crippen molar-refractivity contribution in [1.29, 1.82) is 0 Å². The minimum Gasteiger partial charge on any atom is -0.481 e. The molecule has 0 radical (unpaired) electrons. The molecule has 0 saturated carbocycles. The van der Waals surface area contributed by atoms with Gasteiger partial charge in [-0.2, -0.15) is 8.78 Å². The van der Waals surface area contributed by atoms with Crippen LogP contribution >= 0.6 is 0 Å². The molecule has 0 aliphatic heterocycles. The molecule has 0 aliphatic rings. The highest BCUT2D eigenvalue weighted by Gasteiger charge is 2.27. The normalized spacial score (nSPS) is 11.4. The van der Waals surface area contributed by atoms with Crippen LogP contribution in [-0.2, 0) is 20.9 Å². The number of Topliss-reactive ketones (excluding diaryl/α,β-unsaturated/α-hetero) is 1. The molecule has 15 heteroatoms. The SMILES string of the molecule is CCN(CC)C(=O)Nc1cccn(CC(=O)NC(CC(=O)O)C(=O)COc2c(F)c(F)cc(F)c2F)c1=O. The number of carbonyl (C=O) groups is 4. The Bertz CT molecular complexity index is 1250. The van der Waals surface area contributed by atoms with Crippen LogP contribution in [0.1, 0.15) is 20.3 Å². The Morgan fingerprint density at radius 1 is 1.08 bits per heavy atom. The fourth-order valence-corrected chi connectivity index (χ4v) is 3.20. The average Bonchev–Trinajstić information content (AvgIpc) is 2.85. The number of amides is 3. The van der Waals surface area contributed by atoms with Gasteiger partial charge in [0.15, 0.2) is 23.2 Å². The molecule has 1 aromatic carbocycles. The van der Waals surface area contributed by atoms with Crippen LogP contribution in [-0.4, -0.2) is 64.0 Å². The fraction of sp³-hybridized carbons (Fsp3) is 0.348. The number of anilines is 1. The largest absolute Gasteiger partial charge is 0.481 e. The van der Waals surface area contributed by atoms with E-state index < -0.39 is 83.9 Å². The Kier molecular flexibility index (Phi) is 10.4. The number of pyridine rings is 1. The van der Waals surface area contributed by atoms with Crippen LogP contribution in [0.4, 0.5) is 28.0 Å². The van der Waals surface area contributed by atoms with Crippen molar-refractivity contribution in [2.75, 3.05) is 25.0 Å². The second kappa shape index (κ2) is 13.2. The minimum atomic E-state index is -1.91. The fourth-order valence-electron chi connectivity index (χ4n) is 3.20. The third kappa shape index (κ3) is 7.54. The van der Waals surface area contributed by atoms with Gasteiger partial charge in [-0.3, -0.25) is 19.2 Å². The summed E-state index contributed by atoms with van der Waals surface area (Å²) in [6, 6.07) is 0.262. The lowest BCUT2D eigenvalue weighted by Crippen LogP contribution is -2.46. The summed E-state index contributed by atoms with van der Waals surface area (Å²) in [5, 5.41) is 13.6. The van der Waals surface area contributed by atoms with E-state index in [1.54, 1.807) is 13.8 Å². The van der Waals surface area contributed by atoms with Gasteiger partial charge >= 0.3 is 12.0 Å². The summed E-state index contributed by atoms with van der Waals surface area (Å²) >= 11 is 0. The van der Waals surface area contributed by atoms with Crippen LogP contribution in [0.5, 0.6) is 5.75 Å². The number of carboxylic acids is 1. The lowest BCUT2D eigenvalue weighted by atomic mass is 10.1. The first-order valence-electron chi connectivity index (χ1n) is 11.1. The molecule has 1 atom stereocenters. The summed E-state index contributed by atoms with van der Waals surface area (Å²) in [7, 11) is 0. The molecular weight excluding hydrogens is 520 g/mol. The Balaban J connectivity index is 2.14. The molecule has 3 amide bonds. The maximum Gasteiger partial charge on any atom is 0.321 e. The van der Waals surface area contributed by atoms with E-state index in [-0.39, 0.29) is 11.8 Å². The minimum absolute atomic E-state index is 0.0707. The third-order valence-corrected chi connectivity index (χ3v) is 5.16. The Labute approximate surface area is 213 Å². The standard InChI is InChI=1S/C23H24F4N4O7/c1-3-30(4-2)23(37)29-14-6-5-7-31(22(14)36)10-17(33)28-15(9-18(34)35)16(32)11-38-21-19(26)12(24)8-13(25)20(21)27/h5-8,15H,3-4,9-11H2,1-2H3,(H,28,33)(H,29,37)(H,34,35). The van der Waals surface area contributed by atoms with E-state index in [0.29, 0.717) is 13.1 Å². The topological polar surface area (TPSA) is 147 Å². The number of rotatable bonds is 12. The summed E-state index contributed by atoms with van der Waals surface area (Å²) < 4.78 is 59.6. The number of carboxylic acid groups (broad SMARTS) is 1. The van der Waals surface area contributed by atoms with Gasteiger partial charge in [0.25, 0.3) is 5.56 Å². The number of nitrogens with one attached hydrogen (secondary N) is 2. The average molecular weight is 544 g/mol. The summed E-state index contributed by atoms with van der Waals surface area (Å²) in [6.45, 7) is 2.28. The summed E-state index contributed by atoms with van der Waals surface area (Å²) in [4.78, 5) is 62.4. The lowest BCUT2D eigenvalue weighted by Gasteiger charge is -2.19. The maximum atomic E-state index is 13.7. The first kappa shape index (κ1) is 29.8. The first-order valence-corrected chi connectivity index (χ1v) is 11.1. The van der Waals surface area contributed by atoms with Crippen molar-refractivity contribution in [3.63, 3.8) is 0 Å². The van der Waals surface area contributed by atoms with E-state index in [9.17, 15) is 41.5 Å². The molecule has 38 heavy (non-hydrogen) atoms. The zero-order chi connectivity index (χ0) is 28.6. The van der Waals surface area contributed by atoms with E-state index in [1.165, 1.54) is 23.2 Å². The Hall–Kier alpha value is -4.43.